The zero-order chi connectivity index (χ0) is 31.3. The third-order valence-electron chi connectivity index (χ3n) is 7.86. The lowest BCUT2D eigenvalue weighted by Gasteiger charge is -2.20. The fraction of sp³-hybridized carbons (Fsp3) is 0.290. The van der Waals surface area contributed by atoms with Crippen molar-refractivity contribution < 1.29 is 23.4 Å². The van der Waals surface area contributed by atoms with Gasteiger partial charge in [-0.1, -0.05) is 11.6 Å². The van der Waals surface area contributed by atoms with Crippen LogP contribution < -0.4 is 10.3 Å². The maximum Gasteiger partial charge on any atom is 0.338 e. The smallest absolute Gasteiger partial charge is 0.338 e. The molecular weight excluding hydrogens is 612 g/mol. The molecule has 1 unspecified atom stereocenters. The molecule has 1 fully saturated rings. The number of pyridine rings is 2. The van der Waals surface area contributed by atoms with Gasteiger partial charge in [0.25, 0.3) is 11.5 Å². The van der Waals surface area contributed by atoms with Crippen molar-refractivity contribution in [2.75, 3.05) is 6.61 Å². The number of rotatable bonds is 7. The number of aryl methyl sites for hydroxylation is 2. The normalized spacial score (nSPS) is 16.0. The van der Waals surface area contributed by atoms with E-state index in [1.54, 1.807) is 37.4 Å². The molecule has 0 spiro atoms. The number of thiophene rings is 1. The van der Waals surface area contributed by atoms with Crippen LogP contribution in [0.5, 0.6) is 5.75 Å². The van der Waals surface area contributed by atoms with Crippen LogP contribution in [-0.2, 0) is 6.54 Å². The Hall–Kier alpha value is -4.47. The number of hydrogen-bond donors (Lipinski definition) is 1. The van der Waals surface area contributed by atoms with E-state index in [0.717, 1.165) is 0 Å². The van der Waals surface area contributed by atoms with E-state index in [9.17, 15) is 28.7 Å². The summed E-state index contributed by atoms with van der Waals surface area (Å²) in [6.45, 7) is 3.46. The van der Waals surface area contributed by atoms with E-state index in [2.05, 4.69) is 15.0 Å². The second-order valence-corrected chi connectivity index (χ2v) is 12.0. The highest BCUT2D eigenvalue weighted by molar-refractivity contribution is 7.18. The molecule has 1 aliphatic carbocycles. The molecule has 0 radical (unpaired) electrons. The van der Waals surface area contributed by atoms with Crippen molar-refractivity contribution in [1.82, 2.24) is 19.5 Å². The highest BCUT2D eigenvalue weighted by atomic mass is 35.5. The van der Waals surface area contributed by atoms with E-state index in [1.807, 2.05) is 12.1 Å². The van der Waals surface area contributed by atoms with Crippen LogP contribution >= 0.6 is 22.9 Å². The van der Waals surface area contributed by atoms with E-state index in [4.69, 9.17) is 16.3 Å². The van der Waals surface area contributed by atoms with E-state index in [-0.39, 0.29) is 53.7 Å². The zero-order valence-corrected chi connectivity index (χ0v) is 25.1. The summed E-state index contributed by atoms with van der Waals surface area (Å²) in [5, 5.41) is 21.5. The number of ether oxygens (including phenoxy) is 1. The third kappa shape index (κ3) is 5.06. The summed E-state index contributed by atoms with van der Waals surface area (Å²) in [6, 6.07) is 8.83. The standard InChI is InChI=1S/C31H24ClF2N5O4S/c1-15-10-19(28-27(37-15)21(14-44-28)30(41)42)18-11-17(32)5-6-24(18)43-9-8-39-16(2)38-23-13-36-26(20(12-35)25(23)29(39)40)22-4-3-7-31(22,33)34/h5-6,10-11,13-14,22H,3-4,7-9H2,1-2H3,(H,41,42). The quantitative estimate of drug-likeness (QED) is 0.205. The molecule has 0 aliphatic heterocycles. The van der Waals surface area contributed by atoms with E-state index in [0.29, 0.717) is 50.1 Å². The molecule has 1 N–H and O–H groups in total. The number of carbonyl (C=O) groups is 1. The van der Waals surface area contributed by atoms with Crippen LogP contribution in [0.3, 0.4) is 0 Å². The van der Waals surface area contributed by atoms with Gasteiger partial charge >= 0.3 is 5.97 Å². The lowest BCUT2D eigenvalue weighted by molar-refractivity contribution is -0.0101. The number of benzene rings is 1. The van der Waals surface area contributed by atoms with Gasteiger partial charge in [-0.25, -0.2) is 18.6 Å². The van der Waals surface area contributed by atoms with Gasteiger partial charge in [0.2, 0.25) is 0 Å². The number of aromatic carboxylic acids is 1. The molecular formula is C31H24ClF2N5O4S. The van der Waals surface area contributed by atoms with Gasteiger partial charge in [-0.15, -0.1) is 11.3 Å². The molecule has 0 amide bonds. The summed E-state index contributed by atoms with van der Waals surface area (Å²) in [6.07, 6.45) is 1.48. The molecule has 1 saturated carbocycles. The molecule has 1 aromatic carbocycles. The molecule has 1 atom stereocenters. The first kappa shape index (κ1) is 29.6. The molecule has 0 saturated heterocycles. The third-order valence-corrected chi connectivity index (χ3v) is 9.10. The van der Waals surface area contributed by atoms with Crippen molar-refractivity contribution in [3.63, 3.8) is 0 Å². The van der Waals surface area contributed by atoms with Gasteiger partial charge in [0.05, 0.1) is 56.6 Å². The predicted molar refractivity (Wildman–Crippen MR) is 162 cm³/mol. The Kier molecular flexibility index (Phi) is 7.55. The minimum absolute atomic E-state index is 0.0150. The summed E-state index contributed by atoms with van der Waals surface area (Å²) >= 11 is 7.60. The second-order valence-electron chi connectivity index (χ2n) is 10.6. The Bertz CT molecular complexity index is 2090. The maximum atomic E-state index is 14.6. The highest BCUT2D eigenvalue weighted by Gasteiger charge is 2.46. The Morgan fingerprint density at radius 3 is 2.77 bits per heavy atom. The number of fused-ring (bicyclic) bond motifs is 2. The SMILES string of the molecule is Cc1cc(-c2cc(Cl)ccc2OCCn2c(C)nc3cnc(C4CCCC4(F)F)c(C#N)c3c2=O)c2scc(C(=O)O)c2n1. The molecule has 9 nitrogen and oxygen atoms in total. The number of halogens is 3. The molecule has 4 aromatic heterocycles. The molecule has 13 heteroatoms. The first-order chi connectivity index (χ1) is 21.0. The largest absolute Gasteiger partial charge is 0.491 e. The Morgan fingerprint density at radius 2 is 2.07 bits per heavy atom. The molecule has 224 valence electrons. The van der Waals surface area contributed by atoms with Gasteiger partial charge < -0.3 is 9.84 Å². The van der Waals surface area contributed by atoms with Gasteiger partial charge in [-0.2, -0.15) is 5.26 Å². The summed E-state index contributed by atoms with van der Waals surface area (Å²) in [4.78, 5) is 38.5. The summed E-state index contributed by atoms with van der Waals surface area (Å²) < 4.78 is 37.4. The topological polar surface area (TPSA) is 131 Å². The number of nitrogens with zero attached hydrogens (tertiary/aromatic N) is 5. The van der Waals surface area contributed by atoms with Crippen LogP contribution in [-0.4, -0.2) is 43.1 Å². The second kappa shape index (κ2) is 11.2. The van der Waals surface area contributed by atoms with Crippen molar-refractivity contribution >= 4 is 50.0 Å². The van der Waals surface area contributed by atoms with Gasteiger partial charge in [-0.05, 0) is 51.0 Å². The minimum Gasteiger partial charge on any atom is -0.491 e. The number of alkyl halides is 2. The van der Waals surface area contributed by atoms with E-state index in [1.165, 1.54) is 22.1 Å². The number of carboxylic acid groups (broad SMARTS) is 1. The number of hydrogen-bond acceptors (Lipinski definition) is 8. The van der Waals surface area contributed by atoms with Gasteiger partial charge in [0.15, 0.2) is 0 Å². The van der Waals surface area contributed by atoms with Crippen LogP contribution in [0.1, 0.15) is 58.3 Å². The van der Waals surface area contributed by atoms with Crippen molar-refractivity contribution in [1.29, 1.82) is 5.26 Å². The van der Waals surface area contributed by atoms with Gasteiger partial charge in [0.1, 0.15) is 24.3 Å². The molecule has 44 heavy (non-hydrogen) atoms. The highest BCUT2D eigenvalue weighted by Crippen LogP contribution is 2.47. The minimum atomic E-state index is -3.01. The van der Waals surface area contributed by atoms with Crippen LogP contribution in [0.2, 0.25) is 5.02 Å². The van der Waals surface area contributed by atoms with Crippen molar-refractivity contribution in [3.8, 4) is 22.9 Å². The van der Waals surface area contributed by atoms with Crippen LogP contribution in [0, 0.1) is 25.2 Å². The predicted octanol–water partition coefficient (Wildman–Crippen LogP) is 6.89. The van der Waals surface area contributed by atoms with Crippen LogP contribution in [0.4, 0.5) is 8.78 Å². The fourth-order valence-electron chi connectivity index (χ4n) is 5.81. The van der Waals surface area contributed by atoms with Gasteiger partial charge in [0, 0.05) is 33.6 Å². The lowest BCUT2D eigenvalue weighted by Crippen LogP contribution is -2.28. The van der Waals surface area contributed by atoms with Crippen molar-refractivity contribution in [3.05, 3.63) is 79.6 Å². The van der Waals surface area contributed by atoms with Crippen molar-refractivity contribution in [2.45, 2.75) is 51.5 Å². The number of carboxylic acids is 1. The van der Waals surface area contributed by atoms with Crippen LogP contribution in [0.15, 0.2) is 40.6 Å². The first-order valence-corrected chi connectivity index (χ1v) is 15.0. The summed E-state index contributed by atoms with van der Waals surface area (Å²) in [5.41, 5.74) is 1.78. The Labute approximate surface area is 258 Å². The molecule has 0 bridgehead atoms. The average Bonchev–Trinajstić information content (AvgIpc) is 3.56. The van der Waals surface area contributed by atoms with E-state index < -0.39 is 23.4 Å². The first-order valence-electron chi connectivity index (χ1n) is 13.7. The molecule has 1 aliphatic rings. The molecule has 5 aromatic rings. The summed E-state index contributed by atoms with van der Waals surface area (Å²) in [5.74, 6) is -4.53. The number of aromatic nitrogens is 4. The Balaban J connectivity index is 1.35. The average molecular weight is 636 g/mol. The van der Waals surface area contributed by atoms with Crippen LogP contribution in [0.25, 0.3) is 32.2 Å². The lowest BCUT2D eigenvalue weighted by atomic mass is 9.94. The summed E-state index contributed by atoms with van der Waals surface area (Å²) in [7, 11) is 0. The van der Waals surface area contributed by atoms with Crippen molar-refractivity contribution in [2.24, 2.45) is 0 Å². The van der Waals surface area contributed by atoms with E-state index >= 15 is 0 Å². The monoisotopic (exact) mass is 635 g/mol. The van der Waals surface area contributed by atoms with Gasteiger partial charge in [-0.3, -0.25) is 19.3 Å². The zero-order valence-electron chi connectivity index (χ0n) is 23.5. The maximum absolute atomic E-state index is 14.6. The molecule has 6 rings (SSSR count). The number of nitriles is 1. The molecule has 4 heterocycles. The Morgan fingerprint density at radius 1 is 1.27 bits per heavy atom. The fourth-order valence-corrected chi connectivity index (χ4v) is 7.00.